The van der Waals surface area contributed by atoms with E-state index in [4.69, 9.17) is 0 Å². The van der Waals surface area contributed by atoms with Gasteiger partial charge in [0.15, 0.2) is 0 Å². The highest BCUT2D eigenvalue weighted by Gasteiger charge is 2.22. The number of benzene rings is 2. The summed E-state index contributed by atoms with van der Waals surface area (Å²) in [6.07, 6.45) is 0. The Labute approximate surface area is 176 Å². The van der Waals surface area contributed by atoms with Crippen molar-refractivity contribution in [1.29, 1.82) is 0 Å². The van der Waals surface area contributed by atoms with Crippen LogP contribution >= 0.6 is 15.9 Å². The largest absolute Gasteiger partial charge is 0.322 e. The van der Waals surface area contributed by atoms with Crippen molar-refractivity contribution in [3.63, 3.8) is 0 Å². The first kappa shape index (κ1) is 22.6. The average Bonchev–Trinajstić information content (AvgIpc) is 2.61. The lowest BCUT2D eigenvalue weighted by molar-refractivity contribution is 0.102. The predicted octanol–water partition coefficient (Wildman–Crippen LogP) is 5.20. The minimum atomic E-state index is -3.67. The second-order valence-corrected chi connectivity index (χ2v) is 10.5. The first-order valence-corrected chi connectivity index (χ1v) is 11.4. The monoisotopic (exact) mass is 466 g/mol. The van der Waals surface area contributed by atoms with E-state index in [9.17, 15) is 13.2 Å². The summed E-state index contributed by atoms with van der Waals surface area (Å²) in [5, 5.41) is 2.94. The van der Waals surface area contributed by atoms with E-state index < -0.39 is 10.0 Å². The Bertz CT molecular complexity index is 983. The van der Waals surface area contributed by atoms with Crippen LogP contribution in [0.25, 0.3) is 0 Å². The number of carbonyl (C=O) groups is 1. The number of halogens is 1. The molecule has 1 N–H and O–H groups in total. The molecule has 2 aromatic carbocycles. The molecule has 0 saturated heterocycles. The van der Waals surface area contributed by atoms with Crippen LogP contribution in [-0.4, -0.2) is 32.7 Å². The Kier molecular flexibility index (Phi) is 7.07. The van der Waals surface area contributed by atoms with E-state index in [-0.39, 0.29) is 22.3 Å². The Morgan fingerprint density at radius 3 is 2.18 bits per heavy atom. The normalized spacial score (nSPS) is 12.1. The first-order valence-electron chi connectivity index (χ1n) is 9.12. The molecule has 0 spiro atoms. The van der Waals surface area contributed by atoms with E-state index in [1.54, 1.807) is 12.1 Å². The summed E-state index contributed by atoms with van der Waals surface area (Å²) in [4.78, 5) is 12.9. The molecule has 0 aliphatic carbocycles. The van der Waals surface area contributed by atoms with Gasteiger partial charge in [0.1, 0.15) is 0 Å². The van der Waals surface area contributed by atoms with Gasteiger partial charge in [-0.25, -0.2) is 12.7 Å². The fourth-order valence-electron chi connectivity index (χ4n) is 2.77. The summed E-state index contributed by atoms with van der Waals surface area (Å²) in [6, 6.07) is 10.6. The minimum absolute atomic E-state index is 0.0596. The molecule has 0 aromatic heterocycles. The quantitative estimate of drug-likeness (QED) is 0.635. The molecule has 2 rings (SSSR count). The Hall–Kier alpha value is -1.70. The Balaban J connectivity index is 2.41. The van der Waals surface area contributed by atoms with Gasteiger partial charge in [-0.05, 0) is 63.2 Å². The van der Waals surface area contributed by atoms with Crippen LogP contribution in [0.1, 0.15) is 61.0 Å². The zero-order valence-electron chi connectivity index (χ0n) is 17.1. The maximum atomic E-state index is 12.8. The maximum absolute atomic E-state index is 12.8. The van der Waals surface area contributed by atoms with E-state index >= 15 is 0 Å². The molecule has 0 fully saturated rings. The summed E-state index contributed by atoms with van der Waals surface area (Å²) < 4.78 is 26.5. The van der Waals surface area contributed by atoms with Gasteiger partial charge in [-0.3, -0.25) is 4.79 Å². The van der Waals surface area contributed by atoms with Gasteiger partial charge < -0.3 is 5.32 Å². The summed E-state index contributed by atoms with van der Waals surface area (Å²) in [7, 11) is -0.751. The number of nitrogens with one attached hydrogen (secondary N) is 1. The molecule has 7 heteroatoms. The molecule has 0 bridgehead atoms. The zero-order chi connectivity index (χ0) is 21.2. The molecule has 1 amide bonds. The number of hydrogen-bond donors (Lipinski definition) is 1. The highest BCUT2D eigenvalue weighted by molar-refractivity contribution is 9.10. The van der Waals surface area contributed by atoms with Gasteiger partial charge in [-0.1, -0.05) is 39.8 Å². The van der Waals surface area contributed by atoms with Crippen LogP contribution in [-0.2, 0) is 10.0 Å². The topological polar surface area (TPSA) is 66.5 Å². The van der Waals surface area contributed by atoms with Gasteiger partial charge in [0, 0.05) is 29.8 Å². The molecule has 5 nitrogen and oxygen atoms in total. The number of hydrogen-bond acceptors (Lipinski definition) is 3. The molecule has 0 saturated carbocycles. The number of amides is 1. The lowest BCUT2D eigenvalue weighted by atomic mass is 9.94. The predicted molar refractivity (Wildman–Crippen MR) is 118 cm³/mol. The Morgan fingerprint density at radius 1 is 1.00 bits per heavy atom. The van der Waals surface area contributed by atoms with Gasteiger partial charge in [0.05, 0.1) is 4.90 Å². The summed E-state index contributed by atoms with van der Waals surface area (Å²) in [6.45, 7) is 8.42. The van der Waals surface area contributed by atoms with Crippen LogP contribution in [0.5, 0.6) is 0 Å². The number of carbonyl (C=O) groups excluding carboxylic acids is 1. The highest BCUT2D eigenvalue weighted by Crippen LogP contribution is 2.30. The molecular weight excluding hydrogens is 440 g/mol. The smallest absolute Gasteiger partial charge is 0.255 e. The van der Waals surface area contributed by atoms with Crippen LogP contribution in [0, 0.1) is 0 Å². The van der Waals surface area contributed by atoms with Gasteiger partial charge in [-0.15, -0.1) is 0 Å². The van der Waals surface area contributed by atoms with Crippen LogP contribution in [0.4, 0.5) is 5.69 Å². The van der Waals surface area contributed by atoms with E-state index in [0.717, 1.165) is 15.6 Å². The number of sulfonamides is 1. The van der Waals surface area contributed by atoms with Gasteiger partial charge in [-0.2, -0.15) is 0 Å². The van der Waals surface area contributed by atoms with Crippen LogP contribution in [0.3, 0.4) is 0 Å². The second kappa shape index (κ2) is 8.76. The van der Waals surface area contributed by atoms with Crippen molar-refractivity contribution in [1.82, 2.24) is 4.31 Å². The van der Waals surface area contributed by atoms with E-state index in [2.05, 4.69) is 55.0 Å². The lowest BCUT2D eigenvalue weighted by Gasteiger charge is -2.18. The number of nitrogens with zero attached hydrogens (tertiary/aromatic N) is 1. The SMILES string of the molecule is CC(C)c1ccc(NC(=O)c2ccc(Br)c(S(=O)(=O)N(C)C)c2)c(C(C)C)c1. The van der Waals surface area contributed by atoms with E-state index in [1.165, 1.54) is 25.7 Å². The lowest BCUT2D eigenvalue weighted by Crippen LogP contribution is -2.23. The van der Waals surface area contributed by atoms with Crippen molar-refractivity contribution in [2.75, 3.05) is 19.4 Å². The van der Waals surface area contributed by atoms with Gasteiger partial charge in [0.25, 0.3) is 5.91 Å². The van der Waals surface area contributed by atoms with Crippen LogP contribution < -0.4 is 5.32 Å². The molecule has 0 unspecified atom stereocenters. The highest BCUT2D eigenvalue weighted by atomic mass is 79.9. The molecule has 28 heavy (non-hydrogen) atoms. The van der Waals surface area contributed by atoms with Gasteiger partial charge in [0.2, 0.25) is 10.0 Å². The maximum Gasteiger partial charge on any atom is 0.255 e. The molecule has 152 valence electrons. The number of rotatable bonds is 6. The van der Waals surface area contributed by atoms with Crippen molar-refractivity contribution in [2.24, 2.45) is 0 Å². The van der Waals surface area contributed by atoms with Crippen molar-refractivity contribution < 1.29 is 13.2 Å². The third-order valence-corrected chi connectivity index (χ3v) is 7.37. The van der Waals surface area contributed by atoms with Crippen LogP contribution in [0.2, 0.25) is 0 Å². The third kappa shape index (κ3) is 4.82. The van der Waals surface area contributed by atoms with Crippen molar-refractivity contribution in [3.05, 3.63) is 57.6 Å². The van der Waals surface area contributed by atoms with Crippen molar-refractivity contribution in [2.45, 2.75) is 44.4 Å². The van der Waals surface area contributed by atoms with Gasteiger partial charge >= 0.3 is 0 Å². The molecule has 0 atom stereocenters. The average molecular weight is 467 g/mol. The van der Waals surface area contributed by atoms with Crippen molar-refractivity contribution in [3.8, 4) is 0 Å². The third-order valence-electron chi connectivity index (χ3n) is 4.56. The molecule has 2 aromatic rings. The fourth-order valence-corrected chi connectivity index (χ4v) is 4.61. The fraction of sp³-hybridized carbons (Fsp3) is 0.381. The minimum Gasteiger partial charge on any atom is -0.322 e. The number of anilines is 1. The Morgan fingerprint density at radius 2 is 1.64 bits per heavy atom. The van der Waals surface area contributed by atoms with E-state index in [0.29, 0.717) is 10.4 Å². The second-order valence-electron chi connectivity index (χ2n) is 7.54. The summed E-state index contributed by atoms with van der Waals surface area (Å²) in [5.41, 5.74) is 3.29. The molecule has 0 radical (unpaired) electrons. The van der Waals surface area contributed by atoms with E-state index in [1.807, 2.05) is 12.1 Å². The van der Waals surface area contributed by atoms with Crippen LogP contribution in [0.15, 0.2) is 45.8 Å². The molecular formula is C21H27BrN2O3S. The first-order chi connectivity index (χ1) is 12.9. The molecule has 0 aliphatic heterocycles. The zero-order valence-corrected chi connectivity index (χ0v) is 19.5. The van der Waals surface area contributed by atoms with Crippen molar-refractivity contribution >= 4 is 37.5 Å². The molecule has 0 aliphatic rings. The molecule has 0 heterocycles. The standard InChI is InChI=1S/C21H27BrN2O3S/c1-13(2)15-8-10-19(17(11-15)14(3)4)23-21(25)16-7-9-18(22)20(12-16)28(26,27)24(5)6/h7-14H,1-6H3,(H,23,25). The summed E-state index contributed by atoms with van der Waals surface area (Å²) in [5.74, 6) is 0.290. The summed E-state index contributed by atoms with van der Waals surface area (Å²) >= 11 is 3.27.